The lowest BCUT2D eigenvalue weighted by molar-refractivity contribution is -0.137. The van der Waals surface area contributed by atoms with Crippen LogP contribution < -0.4 is 5.32 Å². The van der Waals surface area contributed by atoms with E-state index in [4.69, 9.17) is 5.11 Å². The molecule has 0 radical (unpaired) electrons. The highest BCUT2D eigenvalue weighted by atomic mass is 19.4. The number of alkyl halides is 4. The van der Waals surface area contributed by atoms with Crippen LogP contribution in [0.2, 0.25) is 0 Å². The summed E-state index contributed by atoms with van der Waals surface area (Å²) in [6, 6.07) is 5.46. The van der Waals surface area contributed by atoms with Crippen molar-refractivity contribution in [2.24, 2.45) is 11.8 Å². The van der Waals surface area contributed by atoms with Gasteiger partial charge in [-0.3, -0.25) is 0 Å². The highest BCUT2D eigenvalue weighted by molar-refractivity contribution is 5.49. The highest BCUT2D eigenvalue weighted by Crippen LogP contribution is 2.38. The zero-order valence-electron chi connectivity index (χ0n) is 21.8. The number of carbonyl (C=O) groups excluding carboxylic acids is 1. The molecule has 0 aromatic heterocycles. The number of aliphatic hydroxyl groups excluding tert-OH is 1. The molecule has 0 spiro atoms. The summed E-state index contributed by atoms with van der Waals surface area (Å²) in [6.45, 7) is 1.65. The standard InChI is InChI=1S/C15H17F3O.C13H24FN.CH4O/c16-15(17,18)14-6-4-12(5-7-14)13-3-1-2-11(10-13)8-9-19;14-13(8-4-1-5-9-13)11-15-10-12-6-2-3-7-12;1-2/h4-7,9,11,13H,1-3,8,10H2;12,15H,1-11H2;2H,1H3. The lowest BCUT2D eigenvalue weighted by Crippen LogP contribution is -2.39. The maximum Gasteiger partial charge on any atom is 0.416 e. The average Bonchev–Trinajstić information content (AvgIpc) is 3.40. The molecule has 0 aliphatic heterocycles. The van der Waals surface area contributed by atoms with E-state index >= 15 is 0 Å². The Labute approximate surface area is 214 Å². The molecule has 206 valence electrons. The number of aliphatic hydroxyl groups is 1. The maximum absolute atomic E-state index is 14.2. The van der Waals surface area contributed by atoms with Crippen molar-refractivity contribution in [3.05, 3.63) is 35.4 Å². The second-order valence-corrected chi connectivity index (χ2v) is 10.7. The SMILES string of the molecule is CO.FC1(CNCC2CCCC2)CCCCC1.O=CCC1CCCC(c2ccc(C(F)(F)F)cc2)C1. The zero-order valence-corrected chi connectivity index (χ0v) is 21.8. The summed E-state index contributed by atoms with van der Waals surface area (Å²) >= 11 is 0. The Hall–Kier alpha value is -1.47. The Kier molecular flexibility index (Phi) is 13.4. The van der Waals surface area contributed by atoms with Crippen LogP contribution in [0.25, 0.3) is 0 Å². The fourth-order valence-electron chi connectivity index (χ4n) is 5.97. The van der Waals surface area contributed by atoms with E-state index in [9.17, 15) is 22.4 Å². The van der Waals surface area contributed by atoms with Gasteiger partial charge in [-0.15, -0.1) is 0 Å². The molecule has 0 amide bonds. The fraction of sp³-hybridized carbons (Fsp3) is 0.759. The third-order valence-electron chi connectivity index (χ3n) is 8.02. The third-order valence-corrected chi connectivity index (χ3v) is 8.02. The lowest BCUT2D eigenvalue weighted by atomic mass is 9.77. The molecule has 2 atom stereocenters. The van der Waals surface area contributed by atoms with Crippen LogP contribution in [-0.2, 0) is 11.0 Å². The van der Waals surface area contributed by atoms with Crippen molar-refractivity contribution in [1.82, 2.24) is 5.32 Å². The summed E-state index contributed by atoms with van der Waals surface area (Å²) in [4.78, 5) is 10.5. The summed E-state index contributed by atoms with van der Waals surface area (Å²) in [7, 11) is 1.00. The third kappa shape index (κ3) is 10.5. The Bertz CT molecular complexity index is 726. The van der Waals surface area contributed by atoms with E-state index in [1.165, 1.54) is 32.1 Å². The summed E-state index contributed by atoms with van der Waals surface area (Å²) in [5.74, 6) is 1.51. The van der Waals surface area contributed by atoms with Crippen LogP contribution >= 0.6 is 0 Å². The minimum absolute atomic E-state index is 0.293. The highest BCUT2D eigenvalue weighted by Gasteiger charge is 2.32. The maximum atomic E-state index is 14.2. The molecule has 2 unspecified atom stereocenters. The summed E-state index contributed by atoms with van der Waals surface area (Å²) in [5.41, 5.74) is -0.517. The average molecular weight is 516 g/mol. The predicted molar refractivity (Wildman–Crippen MR) is 137 cm³/mol. The largest absolute Gasteiger partial charge is 0.416 e. The number of aldehydes is 1. The topological polar surface area (TPSA) is 49.3 Å². The molecule has 36 heavy (non-hydrogen) atoms. The molecule has 7 heteroatoms. The van der Waals surface area contributed by atoms with E-state index in [1.54, 1.807) is 12.1 Å². The van der Waals surface area contributed by atoms with Gasteiger partial charge in [0.05, 0.1) is 5.56 Å². The van der Waals surface area contributed by atoms with E-state index in [1.807, 2.05) is 0 Å². The summed E-state index contributed by atoms with van der Waals surface area (Å²) in [6.07, 6.45) is 11.7. The first kappa shape index (κ1) is 30.8. The van der Waals surface area contributed by atoms with E-state index in [0.717, 1.165) is 94.9 Å². The van der Waals surface area contributed by atoms with Gasteiger partial charge in [0.25, 0.3) is 0 Å². The first-order chi connectivity index (χ1) is 17.3. The summed E-state index contributed by atoms with van der Waals surface area (Å²) < 4.78 is 51.6. The lowest BCUT2D eigenvalue weighted by Gasteiger charge is -2.30. The van der Waals surface area contributed by atoms with Crippen LogP contribution in [0.15, 0.2) is 24.3 Å². The minimum atomic E-state index is -4.27. The van der Waals surface area contributed by atoms with Crippen molar-refractivity contribution in [2.45, 2.75) is 108 Å². The van der Waals surface area contributed by atoms with E-state index in [2.05, 4.69) is 5.32 Å². The first-order valence-electron chi connectivity index (χ1n) is 13.7. The minimum Gasteiger partial charge on any atom is -0.400 e. The Morgan fingerprint density at radius 3 is 2.11 bits per heavy atom. The van der Waals surface area contributed by atoms with Gasteiger partial charge >= 0.3 is 6.18 Å². The van der Waals surface area contributed by atoms with Crippen LogP contribution in [-0.4, -0.2) is 37.3 Å². The molecule has 0 saturated heterocycles. The quantitative estimate of drug-likeness (QED) is 0.290. The van der Waals surface area contributed by atoms with Crippen LogP contribution in [0.3, 0.4) is 0 Å². The monoisotopic (exact) mass is 515 g/mol. The van der Waals surface area contributed by atoms with Crippen LogP contribution in [0, 0.1) is 11.8 Å². The molecule has 1 aromatic carbocycles. The molecular formula is C29H45F4NO2. The normalized spacial score (nSPS) is 24.2. The fourth-order valence-corrected chi connectivity index (χ4v) is 5.97. The first-order valence-corrected chi connectivity index (χ1v) is 13.7. The van der Waals surface area contributed by atoms with Gasteiger partial charge in [-0.2, -0.15) is 13.2 Å². The van der Waals surface area contributed by atoms with Crippen molar-refractivity contribution in [2.75, 3.05) is 20.2 Å². The molecule has 3 nitrogen and oxygen atoms in total. The number of hydrogen-bond donors (Lipinski definition) is 2. The molecule has 3 aliphatic rings. The molecular weight excluding hydrogens is 470 g/mol. The van der Waals surface area contributed by atoms with Gasteiger partial charge in [0, 0.05) is 20.1 Å². The molecule has 2 N–H and O–H groups in total. The van der Waals surface area contributed by atoms with Crippen molar-refractivity contribution in [3.63, 3.8) is 0 Å². The number of rotatable bonds is 7. The predicted octanol–water partition coefficient (Wildman–Crippen LogP) is 7.62. The van der Waals surface area contributed by atoms with Gasteiger partial charge in [0.15, 0.2) is 0 Å². The summed E-state index contributed by atoms with van der Waals surface area (Å²) in [5, 5.41) is 10.4. The number of hydrogen-bond acceptors (Lipinski definition) is 3. The Morgan fingerprint density at radius 1 is 0.917 bits per heavy atom. The Morgan fingerprint density at radius 2 is 1.53 bits per heavy atom. The van der Waals surface area contributed by atoms with Crippen LogP contribution in [0.5, 0.6) is 0 Å². The molecule has 1 aromatic rings. The van der Waals surface area contributed by atoms with Crippen LogP contribution in [0.4, 0.5) is 17.6 Å². The van der Waals surface area contributed by atoms with Crippen molar-refractivity contribution in [1.29, 1.82) is 0 Å². The number of halogens is 4. The molecule has 4 rings (SSSR count). The second-order valence-electron chi connectivity index (χ2n) is 10.7. The number of nitrogens with one attached hydrogen (secondary N) is 1. The smallest absolute Gasteiger partial charge is 0.400 e. The second kappa shape index (κ2) is 15.7. The van der Waals surface area contributed by atoms with Crippen molar-refractivity contribution in [3.8, 4) is 0 Å². The van der Waals surface area contributed by atoms with Gasteiger partial charge in [-0.05, 0) is 86.9 Å². The Balaban J connectivity index is 0.000000243. The van der Waals surface area contributed by atoms with Crippen molar-refractivity contribution < 1.29 is 27.5 Å². The van der Waals surface area contributed by atoms with Gasteiger partial charge in [-0.25, -0.2) is 4.39 Å². The number of carbonyl (C=O) groups is 1. The van der Waals surface area contributed by atoms with E-state index in [0.29, 0.717) is 24.8 Å². The molecule has 3 aliphatic carbocycles. The molecule has 3 fully saturated rings. The van der Waals surface area contributed by atoms with E-state index < -0.39 is 17.4 Å². The number of benzene rings is 1. The zero-order chi connectivity index (χ0) is 26.4. The van der Waals surface area contributed by atoms with Crippen LogP contribution in [0.1, 0.15) is 107 Å². The van der Waals surface area contributed by atoms with Gasteiger partial charge in [0.1, 0.15) is 12.0 Å². The van der Waals surface area contributed by atoms with E-state index in [-0.39, 0.29) is 0 Å². The van der Waals surface area contributed by atoms with Gasteiger partial charge in [0.2, 0.25) is 0 Å². The van der Waals surface area contributed by atoms with Gasteiger partial charge in [-0.1, -0.05) is 50.7 Å². The molecule has 3 saturated carbocycles. The van der Waals surface area contributed by atoms with Gasteiger partial charge < -0.3 is 15.2 Å². The van der Waals surface area contributed by atoms with Crippen molar-refractivity contribution >= 4 is 6.29 Å². The molecule has 0 bridgehead atoms. The molecule has 0 heterocycles.